The molecular formula is C25H24F3N5O. The van der Waals surface area contributed by atoms with Gasteiger partial charge in [-0.25, -0.2) is 18.2 Å². The van der Waals surface area contributed by atoms with Gasteiger partial charge in [0.05, 0.1) is 43.6 Å². The van der Waals surface area contributed by atoms with E-state index in [0.717, 1.165) is 53.3 Å². The van der Waals surface area contributed by atoms with Crippen molar-refractivity contribution >= 4 is 17.6 Å². The van der Waals surface area contributed by atoms with E-state index in [9.17, 15) is 13.2 Å². The fourth-order valence-electron chi connectivity index (χ4n) is 4.44. The number of aliphatic imine (C=N–C) groups is 1. The van der Waals surface area contributed by atoms with E-state index in [0.29, 0.717) is 25.4 Å². The molecule has 0 spiro atoms. The van der Waals surface area contributed by atoms with Crippen molar-refractivity contribution in [2.45, 2.75) is 19.8 Å². The first-order chi connectivity index (χ1) is 16.4. The second-order valence-corrected chi connectivity index (χ2v) is 8.30. The highest BCUT2D eigenvalue weighted by Gasteiger charge is 2.30. The Morgan fingerprint density at radius 1 is 1.03 bits per heavy atom. The third-order valence-electron chi connectivity index (χ3n) is 6.01. The second-order valence-electron chi connectivity index (χ2n) is 8.30. The molecular weight excluding hydrogens is 443 g/mol. The lowest BCUT2D eigenvalue weighted by atomic mass is 10.00. The molecule has 9 heteroatoms. The lowest BCUT2D eigenvalue weighted by Crippen LogP contribution is -2.53. The van der Waals surface area contributed by atoms with E-state index in [1.165, 1.54) is 0 Å². The molecule has 0 atom stereocenters. The average molecular weight is 467 g/mol. The predicted octanol–water partition coefficient (Wildman–Crippen LogP) is 4.92. The number of aryl methyl sites for hydroxylation is 1. The first-order valence-corrected chi connectivity index (χ1v) is 11.1. The summed E-state index contributed by atoms with van der Waals surface area (Å²) in [4.78, 5) is 8.98. The minimum absolute atomic E-state index is 0.270. The van der Waals surface area contributed by atoms with Crippen LogP contribution in [0.15, 0.2) is 53.4 Å². The normalized spacial score (nSPS) is 17.1. The van der Waals surface area contributed by atoms with E-state index in [1.54, 1.807) is 18.4 Å². The largest absolute Gasteiger partial charge is 0.495 e. The van der Waals surface area contributed by atoms with Crippen molar-refractivity contribution in [3.63, 3.8) is 0 Å². The number of hydrogen-bond acceptors (Lipinski definition) is 5. The van der Waals surface area contributed by atoms with Crippen LogP contribution in [-0.4, -0.2) is 47.1 Å². The number of imidazole rings is 1. The van der Waals surface area contributed by atoms with Crippen molar-refractivity contribution in [1.29, 1.82) is 0 Å². The first-order valence-electron chi connectivity index (χ1n) is 11.1. The van der Waals surface area contributed by atoms with E-state index in [2.05, 4.69) is 11.1 Å². The van der Waals surface area contributed by atoms with Crippen molar-refractivity contribution in [3.05, 3.63) is 77.1 Å². The maximum absolute atomic E-state index is 13.9. The second kappa shape index (κ2) is 8.89. The van der Waals surface area contributed by atoms with E-state index in [4.69, 9.17) is 9.73 Å². The Labute approximate surface area is 195 Å². The number of ether oxygens (including phenoxy) is 1. The molecule has 1 saturated heterocycles. The third-order valence-corrected chi connectivity index (χ3v) is 6.01. The average Bonchev–Trinajstić information content (AvgIpc) is 3.28. The van der Waals surface area contributed by atoms with Gasteiger partial charge in [0.1, 0.15) is 11.6 Å². The number of benzene rings is 2. The summed E-state index contributed by atoms with van der Waals surface area (Å²) in [7, 11) is 1.63. The molecule has 0 N–H and O–H groups in total. The molecule has 0 unspecified atom stereocenters. The molecule has 0 bridgehead atoms. The number of nitrogens with zero attached hydrogens (tertiary/aromatic N) is 5. The molecule has 2 aliphatic rings. The van der Waals surface area contributed by atoms with E-state index >= 15 is 0 Å². The quantitative estimate of drug-likeness (QED) is 0.511. The molecule has 0 aliphatic carbocycles. The minimum Gasteiger partial charge on any atom is -0.495 e. The summed E-state index contributed by atoms with van der Waals surface area (Å²) in [5, 5.41) is 3.69. The number of methoxy groups -OCH3 is 1. The predicted molar refractivity (Wildman–Crippen MR) is 125 cm³/mol. The molecule has 34 heavy (non-hydrogen) atoms. The Bertz CT molecular complexity index is 1280. The number of aromatic nitrogens is 2. The van der Waals surface area contributed by atoms with Crippen LogP contribution in [0.2, 0.25) is 0 Å². The Hall–Kier alpha value is -3.75. The van der Waals surface area contributed by atoms with Crippen LogP contribution in [0.5, 0.6) is 5.75 Å². The SMILES string of the molecule is COc1cc(C=C2CCCN3C2=NCCN3c2cc(F)c(F)c(F)c2)ccc1-n1cnc(C)c1. The summed E-state index contributed by atoms with van der Waals surface area (Å²) in [5.41, 5.74) is 4.04. The number of amidine groups is 1. The fraction of sp³-hybridized carbons (Fsp3) is 0.280. The third kappa shape index (κ3) is 4.02. The monoisotopic (exact) mass is 467 g/mol. The van der Waals surface area contributed by atoms with Crippen LogP contribution in [0.25, 0.3) is 11.8 Å². The van der Waals surface area contributed by atoms with Crippen LogP contribution in [0.1, 0.15) is 24.1 Å². The summed E-state index contributed by atoms with van der Waals surface area (Å²) in [6.45, 7) is 3.50. The van der Waals surface area contributed by atoms with Gasteiger partial charge >= 0.3 is 0 Å². The number of piperidine rings is 1. The van der Waals surface area contributed by atoms with Gasteiger partial charge in [0.15, 0.2) is 17.5 Å². The summed E-state index contributed by atoms with van der Waals surface area (Å²) < 4.78 is 48.8. The van der Waals surface area contributed by atoms with Crippen LogP contribution < -0.4 is 9.75 Å². The van der Waals surface area contributed by atoms with E-state index in [1.807, 2.05) is 40.9 Å². The van der Waals surface area contributed by atoms with Gasteiger partial charge in [0.2, 0.25) is 0 Å². The van der Waals surface area contributed by atoms with Crippen LogP contribution in [0.4, 0.5) is 18.9 Å². The van der Waals surface area contributed by atoms with Crippen molar-refractivity contribution in [3.8, 4) is 11.4 Å². The van der Waals surface area contributed by atoms with Gasteiger partial charge in [-0.1, -0.05) is 6.07 Å². The number of hydrazine groups is 1. The Morgan fingerprint density at radius 2 is 1.82 bits per heavy atom. The van der Waals surface area contributed by atoms with Gasteiger partial charge in [-0.3, -0.25) is 15.0 Å². The van der Waals surface area contributed by atoms with Gasteiger partial charge in [0.25, 0.3) is 0 Å². The van der Waals surface area contributed by atoms with Crippen LogP contribution in [0.3, 0.4) is 0 Å². The van der Waals surface area contributed by atoms with Crippen LogP contribution in [-0.2, 0) is 0 Å². The zero-order chi connectivity index (χ0) is 23.8. The van der Waals surface area contributed by atoms with Crippen LogP contribution >= 0.6 is 0 Å². The van der Waals surface area contributed by atoms with Gasteiger partial charge < -0.3 is 9.30 Å². The molecule has 176 valence electrons. The topological polar surface area (TPSA) is 45.9 Å². The number of anilines is 1. The Balaban J connectivity index is 1.46. The minimum atomic E-state index is -1.46. The lowest BCUT2D eigenvalue weighted by molar-refractivity contribution is 0.345. The molecule has 0 radical (unpaired) electrons. The van der Waals surface area contributed by atoms with Gasteiger partial charge in [-0.2, -0.15) is 0 Å². The molecule has 1 fully saturated rings. The highest BCUT2D eigenvalue weighted by molar-refractivity contribution is 6.04. The van der Waals surface area contributed by atoms with Gasteiger partial charge in [-0.05, 0) is 49.1 Å². The zero-order valence-electron chi connectivity index (χ0n) is 18.9. The smallest absolute Gasteiger partial charge is 0.194 e. The molecule has 3 aromatic rings. The lowest BCUT2D eigenvalue weighted by Gasteiger charge is -2.44. The van der Waals surface area contributed by atoms with Crippen molar-refractivity contribution in [1.82, 2.24) is 14.6 Å². The molecule has 1 aromatic heterocycles. The van der Waals surface area contributed by atoms with Gasteiger partial charge in [0, 0.05) is 24.9 Å². The summed E-state index contributed by atoms with van der Waals surface area (Å²) in [5.74, 6) is -2.39. The summed E-state index contributed by atoms with van der Waals surface area (Å²) in [6.07, 6.45) is 7.40. The number of halogens is 3. The standard InChI is InChI=1S/C25H24F3N5O/c1-16-14-31(15-30-16)22-6-5-17(11-23(22)34-2)10-18-4-3-8-33-25(18)29-7-9-32(33)19-12-20(26)24(28)21(27)13-19/h5-6,10-15H,3-4,7-9H2,1-2H3. The summed E-state index contributed by atoms with van der Waals surface area (Å²) in [6, 6.07) is 8.00. The first kappa shape index (κ1) is 22.1. The Morgan fingerprint density at radius 3 is 2.53 bits per heavy atom. The number of hydrogen-bond donors (Lipinski definition) is 0. The van der Waals surface area contributed by atoms with E-state index in [-0.39, 0.29) is 5.69 Å². The molecule has 0 amide bonds. The highest BCUT2D eigenvalue weighted by atomic mass is 19.2. The maximum Gasteiger partial charge on any atom is 0.194 e. The number of rotatable bonds is 4. The van der Waals surface area contributed by atoms with Crippen molar-refractivity contribution < 1.29 is 17.9 Å². The molecule has 5 rings (SSSR count). The van der Waals surface area contributed by atoms with Gasteiger partial charge in [-0.15, -0.1) is 0 Å². The molecule has 3 heterocycles. The fourth-order valence-corrected chi connectivity index (χ4v) is 4.44. The molecule has 0 saturated carbocycles. The molecule has 2 aromatic carbocycles. The van der Waals surface area contributed by atoms with Crippen molar-refractivity contribution in [2.24, 2.45) is 4.99 Å². The number of fused-ring (bicyclic) bond motifs is 1. The van der Waals surface area contributed by atoms with Crippen molar-refractivity contribution in [2.75, 3.05) is 31.8 Å². The maximum atomic E-state index is 13.9. The van der Waals surface area contributed by atoms with Crippen LogP contribution in [0, 0.1) is 24.4 Å². The molecule has 2 aliphatic heterocycles. The summed E-state index contributed by atoms with van der Waals surface area (Å²) >= 11 is 0. The zero-order valence-corrected chi connectivity index (χ0v) is 18.9. The van der Waals surface area contributed by atoms with E-state index < -0.39 is 17.5 Å². The molecule has 6 nitrogen and oxygen atoms in total. The highest BCUT2D eigenvalue weighted by Crippen LogP contribution is 2.31. The Kier molecular flexibility index (Phi) is 5.77.